The van der Waals surface area contributed by atoms with E-state index in [9.17, 15) is 0 Å². The monoisotopic (exact) mass is 984 g/mol. The number of nitrogens with zero attached hydrogens (tertiary/aromatic N) is 12. The van der Waals surface area contributed by atoms with Gasteiger partial charge in [-0.25, -0.2) is 29.3 Å². The summed E-state index contributed by atoms with van der Waals surface area (Å²) >= 11 is 25.2. The van der Waals surface area contributed by atoms with Gasteiger partial charge in [-0.05, 0) is 114 Å². The van der Waals surface area contributed by atoms with Gasteiger partial charge in [0.15, 0.2) is 11.3 Å². The second-order valence-corrected chi connectivity index (χ2v) is 21.0. The van der Waals surface area contributed by atoms with Gasteiger partial charge in [0.2, 0.25) is 0 Å². The second kappa shape index (κ2) is 20.9. The Morgan fingerprint density at radius 2 is 1.00 bits per heavy atom. The van der Waals surface area contributed by atoms with E-state index >= 15 is 0 Å². The van der Waals surface area contributed by atoms with Crippen molar-refractivity contribution < 1.29 is 0 Å². The van der Waals surface area contributed by atoms with Crippen LogP contribution in [0.1, 0.15) is 107 Å². The molecule has 0 amide bonds. The number of hydrogen-bond acceptors (Lipinski definition) is 10. The van der Waals surface area contributed by atoms with Gasteiger partial charge < -0.3 is 9.80 Å². The van der Waals surface area contributed by atoms with Crippen molar-refractivity contribution >= 4 is 80.4 Å². The fraction of sp³-hybridized carbons (Fsp3) is 0.529. The number of piperidine rings is 2. The average molecular weight is 987 g/mol. The van der Waals surface area contributed by atoms with E-state index in [2.05, 4.69) is 59.4 Å². The minimum Gasteiger partial charge on any atom is -0.355 e. The summed E-state index contributed by atoms with van der Waals surface area (Å²) < 4.78 is 3.88. The maximum absolute atomic E-state index is 6.52. The molecule has 16 heteroatoms. The van der Waals surface area contributed by atoms with Crippen LogP contribution in [0.2, 0.25) is 20.1 Å². The van der Waals surface area contributed by atoms with Crippen LogP contribution in [0.15, 0.2) is 60.9 Å². The molecule has 356 valence electrons. The molecular formula is C51H64Cl4N12. The molecule has 2 aromatic carbocycles. The molecule has 0 radical (unpaired) electrons. The first kappa shape index (κ1) is 48.0. The Kier molecular flexibility index (Phi) is 15.0. The van der Waals surface area contributed by atoms with Crippen molar-refractivity contribution in [3.05, 3.63) is 104 Å². The zero-order valence-corrected chi connectivity index (χ0v) is 42.7. The summed E-state index contributed by atoms with van der Waals surface area (Å²) in [5, 5.41) is 12.1. The Morgan fingerprint density at radius 3 is 1.43 bits per heavy atom. The van der Waals surface area contributed by atoms with E-state index in [4.69, 9.17) is 76.5 Å². The van der Waals surface area contributed by atoms with Gasteiger partial charge >= 0.3 is 0 Å². The SMILES string of the molecule is Cc1nn(C(C)c2ccc(Cl)cc2Cl)c2nc(N3CCC(N4CC=CC4)C(C)C3)cnc12.Cc1nn(C(C)c2ccc(Cl)cc2Cl)c2nc(N3CCC(N4CCCCCCC4)C(C)C3)cnc12. The number of likely N-dealkylation sites (tertiary alicyclic amines) is 1. The van der Waals surface area contributed by atoms with Crippen molar-refractivity contribution in [2.45, 2.75) is 111 Å². The maximum Gasteiger partial charge on any atom is 0.179 e. The summed E-state index contributed by atoms with van der Waals surface area (Å²) in [7, 11) is 0. The van der Waals surface area contributed by atoms with Gasteiger partial charge in [-0.1, -0.05) is 104 Å². The lowest BCUT2D eigenvalue weighted by Gasteiger charge is -2.43. The van der Waals surface area contributed by atoms with Crippen molar-refractivity contribution in [1.82, 2.24) is 49.3 Å². The molecule has 10 rings (SSSR count). The van der Waals surface area contributed by atoms with Crippen LogP contribution in [0.3, 0.4) is 0 Å². The minimum absolute atomic E-state index is 0.0858. The van der Waals surface area contributed by atoms with E-state index in [1.165, 1.54) is 51.6 Å². The van der Waals surface area contributed by atoms with E-state index < -0.39 is 0 Å². The Labute approximate surface area is 415 Å². The number of benzene rings is 2. The topological polar surface area (TPSA) is 100 Å². The van der Waals surface area contributed by atoms with E-state index in [1.54, 1.807) is 12.1 Å². The number of anilines is 2. The molecule has 6 unspecified atom stereocenters. The van der Waals surface area contributed by atoms with Crippen LogP contribution in [0.25, 0.3) is 22.3 Å². The number of fused-ring (bicyclic) bond motifs is 2. The van der Waals surface area contributed by atoms with Crippen molar-refractivity contribution in [1.29, 1.82) is 0 Å². The number of rotatable bonds is 8. The minimum atomic E-state index is -0.0900. The molecule has 3 fully saturated rings. The standard InChI is InChI=1S/C27H36Cl2N6.C24H28Cl2N6/c1-18-17-34(14-11-24(18)33-12-7-5-4-6-8-13-33)25-16-30-26-19(2)32-35(27(26)31-25)20(3)22-10-9-21(28)15-23(22)29;1-15-14-31(11-8-21(15)30-9-4-5-10-30)22-13-27-23-16(2)29-32(24(23)28-22)17(3)19-7-6-18(25)12-20(19)26/h9-10,15-16,18,20,24H,4-8,11-14,17H2,1-3H3;4-7,12-13,15,17,21H,8-11,14H2,1-3H3. The summed E-state index contributed by atoms with van der Waals surface area (Å²) in [4.78, 5) is 29.8. The lowest BCUT2D eigenvalue weighted by molar-refractivity contribution is 0.118. The molecule has 0 N–H and O–H groups in total. The smallest absolute Gasteiger partial charge is 0.179 e. The molecule has 3 saturated heterocycles. The van der Waals surface area contributed by atoms with Gasteiger partial charge in [-0.15, -0.1) is 0 Å². The first-order valence-corrected chi connectivity index (χ1v) is 25.8. The van der Waals surface area contributed by atoms with E-state index in [-0.39, 0.29) is 12.1 Å². The number of aryl methyl sites for hydroxylation is 2. The molecule has 6 aromatic rings. The van der Waals surface area contributed by atoms with Crippen LogP contribution in [-0.4, -0.2) is 114 Å². The third kappa shape index (κ3) is 10.3. The first-order chi connectivity index (χ1) is 32.3. The summed E-state index contributed by atoms with van der Waals surface area (Å²) in [6.45, 7) is 21.5. The Balaban J connectivity index is 0.000000169. The predicted octanol–water partition coefficient (Wildman–Crippen LogP) is 11.7. The van der Waals surface area contributed by atoms with Crippen LogP contribution in [0, 0.1) is 25.7 Å². The van der Waals surface area contributed by atoms with Gasteiger partial charge in [0.1, 0.15) is 22.7 Å². The van der Waals surface area contributed by atoms with Crippen LogP contribution >= 0.6 is 46.4 Å². The quantitative estimate of drug-likeness (QED) is 0.137. The van der Waals surface area contributed by atoms with Gasteiger partial charge in [-0.3, -0.25) is 9.80 Å². The Hall–Kier alpha value is -4.04. The summed E-state index contributed by atoms with van der Waals surface area (Å²) in [5.74, 6) is 3.02. The fourth-order valence-corrected chi connectivity index (χ4v) is 12.1. The molecular weight excluding hydrogens is 922 g/mol. The Morgan fingerprint density at radius 1 is 0.567 bits per heavy atom. The summed E-state index contributed by atoms with van der Waals surface area (Å²) in [6.07, 6.45) is 17.5. The highest BCUT2D eigenvalue weighted by Gasteiger charge is 2.34. The van der Waals surface area contributed by atoms with E-state index in [1.807, 2.05) is 59.9 Å². The molecule has 67 heavy (non-hydrogen) atoms. The maximum atomic E-state index is 6.52. The van der Waals surface area contributed by atoms with E-state index in [0.29, 0.717) is 44.0 Å². The summed E-state index contributed by atoms with van der Waals surface area (Å²) in [6, 6.07) is 12.3. The Bertz CT molecular complexity index is 2700. The van der Waals surface area contributed by atoms with Gasteiger partial charge in [0.25, 0.3) is 0 Å². The normalized spacial score (nSPS) is 23.0. The molecule has 8 heterocycles. The molecule has 4 aliphatic rings. The molecule has 0 bridgehead atoms. The van der Waals surface area contributed by atoms with E-state index in [0.717, 1.165) is 102 Å². The summed E-state index contributed by atoms with van der Waals surface area (Å²) in [5.41, 5.74) is 6.93. The fourth-order valence-electron chi connectivity index (χ4n) is 11.0. The van der Waals surface area contributed by atoms with Gasteiger partial charge in [0, 0.05) is 71.4 Å². The largest absolute Gasteiger partial charge is 0.355 e. The van der Waals surface area contributed by atoms with Crippen molar-refractivity contribution in [2.75, 3.05) is 62.2 Å². The lowest BCUT2D eigenvalue weighted by Crippen LogP contribution is -2.51. The zero-order chi connectivity index (χ0) is 46.9. The second-order valence-electron chi connectivity index (χ2n) is 19.3. The lowest BCUT2D eigenvalue weighted by atomic mass is 9.91. The molecule has 4 aliphatic heterocycles. The van der Waals surface area contributed by atoms with Crippen LogP contribution < -0.4 is 9.80 Å². The van der Waals surface area contributed by atoms with Crippen molar-refractivity contribution in [3.63, 3.8) is 0 Å². The molecule has 0 aliphatic carbocycles. The first-order valence-electron chi connectivity index (χ1n) is 24.3. The van der Waals surface area contributed by atoms with Gasteiger partial charge in [-0.2, -0.15) is 10.2 Å². The predicted molar refractivity (Wildman–Crippen MR) is 276 cm³/mol. The molecule has 0 saturated carbocycles. The highest BCUT2D eigenvalue weighted by Crippen LogP contribution is 2.35. The van der Waals surface area contributed by atoms with Crippen LogP contribution in [0.4, 0.5) is 11.6 Å². The molecule has 6 atom stereocenters. The average Bonchev–Trinajstić information content (AvgIpc) is 4.04. The molecule has 0 spiro atoms. The molecule has 12 nitrogen and oxygen atoms in total. The number of hydrogen-bond donors (Lipinski definition) is 0. The molecule has 4 aromatic heterocycles. The third-order valence-corrected chi connectivity index (χ3v) is 15.8. The number of aromatic nitrogens is 8. The zero-order valence-electron chi connectivity index (χ0n) is 39.7. The van der Waals surface area contributed by atoms with Crippen LogP contribution in [0.5, 0.6) is 0 Å². The number of halogens is 4. The van der Waals surface area contributed by atoms with Crippen molar-refractivity contribution in [2.24, 2.45) is 11.8 Å². The third-order valence-electron chi connectivity index (χ3n) is 14.7. The highest BCUT2D eigenvalue weighted by atomic mass is 35.5. The van der Waals surface area contributed by atoms with Crippen molar-refractivity contribution in [3.8, 4) is 0 Å². The van der Waals surface area contributed by atoms with Gasteiger partial charge in [0.05, 0.1) is 35.9 Å². The highest BCUT2D eigenvalue weighted by molar-refractivity contribution is 6.35. The van der Waals surface area contributed by atoms with Crippen LogP contribution in [-0.2, 0) is 0 Å².